The van der Waals surface area contributed by atoms with E-state index in [1.54, 1.807) is 23.3 Å². The Bertz CT molecular complexity index is 910. The molecule has 0 saturated carbocycles. The van der Waals surface area contributed by atoms with E-state index >= 15 is 0 Å². The molecule has 0 aliphatic carbocycles. The van der Waals surface area contributed by atoms with Crippen LogP contribution >= 0.6 is 22.7 Å². The van der Waals surface area contributed by atoms with E-state index in [1.165, 1.54) is 22.7 Å². The summed E-state index contributed by atoms with van der Waals surface area (Å²) in [6.07, 6.45) is 1.60. The summed E-state index contributed by atoms with van der Waals surface area (Å²) >= 11 is 2.76. The highest BCUT2D eigenvalue weighted by molar-refractivity contribution is 7.12. The number of piperazine rings is 1. The second-order valence-electron chi connectivity index (χ2n) is 6.70. The van der Waals surface area contributed by atoms with Gasteiger partial charge in [0.25, 0.3) is 5.91 Å². The van der Waals surface area contributed by atoms with Gasteiger partial charge < -0.3 is 25.1 Å². The van der Waals surface area contributed by atoms with Crippen molar-refractivity contribution in [3.8, 4) is 0 Å². The van der Waals surface area contributed by atoms with Crippen LogP contribution in [-0.4, -0.2) is 53.0 Å². The summed E-state index contributed by atoms with van der Waals surface area (Å²) in [7, 11) is 0. The molecule has 1 aliphatic rings. The molecule has 152 valence electrons. The summed E-state index contributed by atoms with van der Waals surface area (Å²) in [5, 5.41) is 15.2. The van der Waals surface area contributed by atoms with E-state index in [4.69, 9.17) is 10.2 Å². The van der Waals surface area contributed by atoms with Crippen LogP contribution in [0.25, 0.3) is 0 Å². The monoisotopic (exact) mass is 430 g/mol. The maximum Gasteiger partial charge on any atom is 0.265 e. The first-order valence-corrected chi connectivity index (χ1v) is 11.0. The van der Waals surface area contributed by atoms with Gasteiger partial charge >= 0.3 is 0 Å². The molecular formula is C20H22N4O3S2. The van der Waals surface area contributed by atoms with Gasteiger partial charge in [0.15, 0.2) is 5.96 Å². The van der Waals surface area contributed by atoms with Gasteiger partial charge in [-0.1, -0.05) is 12.1 Å². The van der Waals surface area contributed by atoms with Gasteiger partial charge in [0.1, 0.15) is 12.3 Å². The Balaban J connectivity index is 1.44. The molecular weight excluding hydrogens is 408 g/mol. The van der Waals surface area contributed by atoms with Gasteiger partial charge in [0, 0.05) is 26.2 Å². The summed E-state index contributed by atoms with van der Waals surface area (Å²) in [6, 6.07) is 11.0. The third-order valence-electron chi connectivity index (χ3n) is 4.93. The molecule has 0 spiro atoms. The number of carbonyl (C=O) groups is 1. The van der Waals surface area contributed by atoms with Crippen molar-refractivity contribution >= 4 is 34.5 Å². The number of thiophene rings is 2. The highest BCUT2D eigenvalue weighted by atomic mass is 32.1. The Morgan fingerprint density at radius 2 is 1.69 bits per heavy atom. The summed E-state index contributed by atoms with van der Waals surface area (Å²) in [5.74, 6) is 0.882. The molecule has 0 atom stereocenters. The van der Waals surface area contributed by atoms with Crippen LogP contribution < -0.4 is 5.73 Å². The molecule has 0 bridgehead atoms. The first-order valence-electron chi connectivity index (χ1n) is 9.26. The van der Waals surface area contributed by atoms with E-state index < -0.39 is 5.60 Å². The molecule has 4 rings (SSSR count). The lowest BCUT2D eigenvalue weighted by atomic mass is 9.97. The van der Waals surface area contributed by atoms with Gasteiger partial charge in [0.2, 0.25) is 5.60 Å². The van der Waals surface area contributed by atoms with Gasteiger partial charge in [-0.05, 0) is 35.0 Å². The van der Waals surface area contributed by atoms with Gasteiger partial charge in [-0.2, -0.15) is 0 Å². The van der Waals surface area contributed by atoms with Gasteiger partial charge in [0.05, 0.1) is 16.0 Å². The third kappa shape index (κ3) is 3.93. The Morgan fingerprint density at radius 3 is 2.21 bits per heavy atom. The zero-order valence-electron chi connectivity index (χ0n) is 15.7. The summed E-state index contributed by atoms with van der Waals surface area (Å²) in [6.45, 7) is 2.44. The van der Waals surface area contributed by atoms with Crippen molar-refractivity contribution in [2.45, 2.75) is 12.1 Å². The number of amides is 1. The van der Waals surface area contributed by atoms with E-state index in [-0.39, 0.29) is 5.91 Å². The molecule has 3 N–H and O–H groups in total. The van der Waals surface area contributed by atoms with Crippen molar-refractivity contribution in [2.75, 3.05) is 26.2 Å². The smallest absolute Gasteiger partial charge is 0.265 e. The number of hydrogen-bond donors (Lipinski definition) is 2. The lowest BCUT2D eigenvalue weighted by Crippen LogP contribution is -2.56. The molecule has 3 aromatic heterocycles. The minimum Gasteiger partial charge on any atom is -0.467 e. The Labute approximate surface area is 176 Å². The van der Waals surface area contributed by atoms with E-state index in [1.807, 2.05) is 39.9 Å². The fourth-order valence-electron chi connectivity index (χ4n) is 3.33. The largest absolute Gasteiger partial charge is 0.467 e. The van der Waals surface area contributed by atoms with E-state index in [9.17, 15) is 9.90 Å². The minimum atomic E-state index is -1.65. The van der Waals surface area contributed by atoms with E-state index in [0.29, 0.717) is 48.4 Å². The third-order valence-corrected chi connectivity index (χ3v) is 6.89. The standard InChI is InChI=1S/C20H22N4O3S2/c21-19(22-14-15-4-1-11-27-15)24-9-7-23(8-10-24)18(25)20(26,16-5-2-12-28-16)17-6-3-13-29-17/h1-6,11-13,26H,7-10,14H2,(H2,21,22). The van der Waals surface area contributed by atoms with Crippen LogP contribution in [0.4, 0.5) is 0 Å². The highest BCUT2D eigenvalue weighted by Crippen LogP contribution is 2.37. The first kappa shape index (κ1) is 19.7. The summed E-state index contributed by atoms with van der Waals surface area (Å²) < 4.78 is 5.27. The molecule has 1 saturated heterocycles. The Hall–Kier alpha value is -2.62. The van der Waals surface area contributed by atoms with Crippen molar-refractivity contribution in [3.05, 3.63) is 68.9 Å². The van der Waals surface area contributed by atoms with E-state index in [2.05, 4.69) is 4.99 Å². The zero-order valence-corrected chi connectivity index (χ0v) is 17.4. The number of rotatable bonds is 5. The van der Waals surface area contributed by atoms with Crippen LogP contribution in [0.5, 0.6) is 0 Å². The minimum absolute atomic E-state index is 0.298. The topological polar surface area (TPSA) is 95.3 Å². The van der Waals surface area contributed by atoms with Crippen molar-refractivity contribution < 1.29 is 14.3 Å². The van der Waals surface area contributed by atoms with Crippen LogP contribution in [-0.2, 0) is 16.9 Å². The number of furan rings is 1. The maximum absolute atomic E-state index is 13.4. The first-order chi connectivity index (χ1) is 14.1. The normalized spacial score (nSPS) is 15.7. The summed E-state index contributed by atoms with van der Waals surface area (Å²) in [4.78, 5) is 22.7. The SMILES string of the molecule is NC(=NCc1ccco1)N1CCN(C(=O)C(O)(c2cccs2)c2cccs2)CC1. The van der Waals surface area contributed by atoms with Crippen LogP contribution in [0.2, 0.25) is 0 Å². The maximum atomic E-state index is 13.4. The van der Waals surface area contributed by atoms with Gasteiger partial charge in [-0.3, -0.25) is 4.79 Å². The fraction of sp³-hybridized carbons (Fsp3) is 0.300. The van der Waals surface area contributed by atoms with Crippen LogP contribution in [0.3, 0.4) is 0 Å². The number of hydrogen-bond acceptors (Lipinski definition) is 6. The average molecular weight is 431 g/mol. The van der Waals surface area contributed by atoms with Crippen molar-refractivity contribution in [3.63, 3.8) is 0 Å². The Kier molecular flexibility index (Phi) is 5.70. The lowest BCUT2D eigenvalue weighted by molar-refractivity contribution is -0.148. The molecule has 1 fully saturated rings. The Morgan fingerprint density at radius 1 is 1.07 bits per heavy atom. The molecule has 7 nitrogen and oxygen atoms in total. The number of aliphatic hydroxyl groups is 1. The molecule has 4 heterocycles. The van der Waals surface area contributed by atoms with Gasteiger partial charge in [-0.15, -0.1) is 22.7 Å². The number of guanidine groups is 1. The number of nitrogens with two attached hydrogens (primary N) is 1. The van der Waals surface area contributed by atoms with Crippen molar-refractivity contribution in [1.82, 2.24) is 9.80 Å². The predicted molar refractivity (Wildman–Crippen MR) is 114 cm³/mol. The number of carbonyl (C=O) groups excluding carboxylic acids is 1. The van der Waals surface area contributed by atoms with Crippen LogP contribution in [0.15, 0.2) is 62.8 Å². The average Bonchev–Trinajstić information content (AvgIpc) is 3.53. The quantitative estimate of drug-likeness (QED) is 0.478. The molecule has 0 unspecified atom stereocenters. The molecule has 0 radical (unpaired) electrons. The van der Waals surface area contributed by atoms with E-state index in [0.717, 1.165) is 5.76 Å². The van der Waals surface area contributed by atoms with Crippen LogP contribution in [0.1, 0.15) is 15.5 Å². The molecule has 1 aliphatic heterocycles. The molecule has 9 heteroatoms. The van der Waals surface area contributed by atoms with Crippen molar-refractivity contribution in [2.24, 2.45) is 10.7 Å². The molecule has 3 aromatic rings. The number of aliphatic imine (C=N–C) groups is 1. The second-order valence-corrected chi connectivity index (χ2v) is 8.59. The molecule has 0 aromatic carbocycles. The molecule has 1 amide bonds. The van der Waals surface area contributed by atoms with Crippen LogP contribution in [0, 0.1) is 0 Å². The van der Waals surface area contributed by atoms with Crippen molar-refractivity contribution in [1.29, 1.82) is 0 Å². The van der Waals surface area contributed by atoms with Gasteiger partial charge in [-0.25, -0.2) is 4.99 Å². The fourth-order valence-corrected chi connectivity index (χ4v) is 5.05. The zero-order chi connectivity index (χ0) is 20.3. The highest BCUT2D eigenvalue weighted by Gasteiger charge is 2.45. The lowest BCUT2D eigenvalue weighted by Gasteiger charge is -2.38. The molecule has 29 heavy (non-hydrogen) atoms. The second kappa shape index (κ2) is 8.40. The predicted octanol–water partition coefficient (Wildman–Crippen LogP) is 2.30. The number of nitrogens with zero attached hydrogens (tertiary/aromatic N) is 3. The summed E-state index contributed by atoms with van der Waals surface area (Å²) in [5.41, 5.74) is 4.46.